The van der Waals surface area contributed by atoms with Crippen LogP contribution in [0.4, 0.5) is 5.69 Å². The summed E-state index contributed by atoms with van der Waals surface area (Å²) in [5.41, 5.74) is 9.66. The Morgan fingerprint density at radius 3 is 2.48 bits per heavy atom. The third kappa shape index (κ3) is 2.52. The molecule has 0 saturated carbocycles. The molecule has 4 nitrogen and oxygen atoms in total. The Bertz CT molecular complexity index is 694. The molecule has 2 aromatic carbocycles. The number of para-hydroxylation sites is 1. The van der Waals surface area contributed by atoms with Crippen LogP contribution in [0.2, 0.25) is 0 Å². The van der Waals surface area contributed by atoms with Gasteiger partial charge in [-0.15, -0.1) is 0 Å². The highest BCUT2D eigenvalue weighted by Gasteiger charge is 2.32. The number of amides is 1. The summed E-state index contributed by atoms with van der Waals surface area (Å²) < 4.78 is 0. The topological polar surface area (TPSA) is 58.7 Å². The zero-order valence-corrected chi connectivity index (χ0v) is 11.9. The van der Waals surface area contributed by atoms with Crippen LogP contribution in [0.25, 0.3) is 0 Å². The molecule has 1 amide bonds. The van der Waals surface area contributed by atoms with E-state index in [1.165, 1.54) is 11.9 Å². The molecule has 2 aromatic rings. The lowest BCUT2D eigenvalue weighted by Gasteiger charge is -2.21. The molecular weight excluding hydrogens is 262 g/mol. The second-order valence-corrected chi connectivity index (χ2v) is 5.13. The van der Waals surface area contributed by atoms with Crippen LogP contribution >= 0.6 is 0 Å². The Hall–Kier alpha value is -2.62. The van der Waals surface area contributed by atoms with Gasteiger partial charge in [-0.05, 0) is 11.6 Å². The lowest BCUT2D eigenvalue weighted by Crippen LogP contribution is -2.24. The van der Waals surface area contributed by atoms with Gasteiger partial charge in [0.15, 0.2) is 0 Å². The van der Waals surface area contributed by atoms with Crippen molar-refractivity contribution < 1.29 is 4.79 Å². The molecule has 1 atom stereocenters. The number of hydrazone groups is 1. The van der Waals surface area contributed by atoms with E-state index in [0.29, 0.717) is 12.1 Å². The standard InChI is InChI=1S/C17H17N3O/c1-12(21)20-17(14-9-5-6-10-15(14)18)11-16(19-20)13-7-3-2-4-8-13/h2-10,17H,11,18H2,1H3. The molecule has 0 aliphatic carbocycles. The molecule has 1 heterocycles. The highest BCUT2D eigenvalue weighted by atomic mass is 16.2. The molecule has 21 heavy (non-hydrogen) atoms. The molecule has 0 spiro atoms. The molecule has 3 rings (SSSR count). The third-order valence-electron chi connectivity index (χ3n) is 3.70. The number of carbonyl (C=O) groups excluding carboxylic acids is 1. The quantitative estimate of drug-likeness (QED) is 0.859. The monoisotopic (exact) mass is 279 g/mol. The second kappa shape index (κ2) is 5.40. The van der Waals surface area contributed by atoms with Gasteiger partial charge in [-0.2, -0.15) is 5.10 Å². The van der Waals surface area contributed by atoms with Gasteiger partial charge in [0.1, 0.15) is 0 Å². The summed E-state index contributed by atoms with van der Waals surface area (Å²) in [6.45, 7) is 1.53. The number of nitrogen functional groups attached to an aromatic ring is 1. The number of anilines is 1. The van der Waals surface area contributed by atoms with Crippen molar-refractivity contribution >= 4 is 17.3 Å². The summed E-state index contributed by atoms with van der Waals surface area (Å²) in [5, 5.41) is 6.04. The molecule has 0 aromatic heterocycles. The van der Waals surface area contributed by atoms with Crippen molar-refractivity contribution in [1.29, 1.82) is 0 Å². The minimum absolute atomic E-state index is 0.0748. The van der Waals surface area contributed by atoms with Gasteiger partial charge in [0.25, 0.3) is 0 Å². The van der Waals surface area contributed by atoms with Gasteiger partial charge in [0.05, 0.1) is 11.8 Å². The first-order chi connectivity index (χ1) is 10.2. The van der Waals surface area contributed by atoms with Crippen molar-refractivity contribution in [2.24, 2.45) is 5.10 Å². The fourth-order valence-electron chi connectivity index (χ4n) is 2.66. The van der Waals surface area contributed by atoms with E-state index in [4.69, 9.17) is 5.73 Å². The van der Waals surface area contributed by atoms with Crippen molar-refractivity contribution in [3.8, 4) is 0 Å². The largest absolute Gasteiger partial charge is 0.398 e. The lowest BCUT2D eigenvalue weighted by atomic mass is 9.97. The van der Waals surface area contributed by atoms with Gasteiger partial charge in [-0.25, -0.2) is 5.01 Å². The molecule has 0 radical (unpaired) electrons. The van der Waals surface area contributed by atoms with Crippen LogP contribution in [0.5, 0.6) is 0 Å². The van der Waals surface area contributed by atoms with Gasteiger partial charge >= 0.3 is 0 Å². The van der Waals surface area contributed by atoms with Gasteiger partial charge in [0, 0.05) is 24.6 Å². The SMILES string of the molecule is CC(=O)N1N=C(c2ccccc2)CC1c1ccccc1N. The summed E-state index contributed by atoms with van der Waals surface area (Å²) in [6.07, 6.45) is 0.678. The maximum absolute atomic E-state index is 11.9. The first-order valence-corrected chi connectivity index (χ1v) is 6.94. The maximum Gasteiger partial charge on any atom is 0.240 e. The second-order valence-electron chi connectivity index (χ2n) is 5.13. The lowest BCUT2D eigenvalue weighted by molar-refractivity contribution is -0.130. The Kier molecular flexibility index (Phi) is 3.44. The fourth-order valence-corrected chi connectivity index (χ4v) is 2.66. The van der Waals surface area contributed by atoms with Crippen molar-refractivity contribution in [2.45, 2.75) is 19.4 Å². The first kappa shape index (κ1) is 13.4. The van der Waals surface area contributed by atoms with E-state index in [9.17, 15) is 4.79 Å². The highest BCUT2D eigenvalue weighted by molar-refractivity contribution is 6.03. The number of hydrogen-bond acceptors (Lipinski definition) is 3. The molecule has 106 valence electrons. The summed E-state index contributed by atoms with van der Waals surface area (Å²) >= 11 is 0. The van der Waals surface area contributed by atoms with Crippen LogP contribution in [-0.2, 0) is 4.79 Å². The molecule has 0 saturated heterocycles. The molecule has 2 N–H and O–H groups in total. The first-order valence-electron chi connectivity index (χ1n) is 6.94. The smallest absolute Gasteiger partial charge is 0.240 e. The van der Waals surface area contributed by atoms with Gasteiger partial charge < -0.3 is 5.73 Å². The van der Waals surface area contributed by atoms with E-state index in [0.717, 1.165) is 16.8 Å². The van der Waals surface area contributed by atoms with E-state index in [1.54, 1.807) is 0 Å². The Balaban J connectivity index is 1.98. The minimum Gasteiger partial charge on any atom is -0.398 e. The molecule has 1 unspecified atom stereocenters. The number of hydrogen-bond donors (Lipinski definition) is 1. The summed E-state index contributed by atoms with van der Waals surface area (Å²) in [7, 11) is 0. The van der Waals surface area contributed by atoms with Crippen molar-refractivity contribution in [3.63, 3.8) is 0 Å². The molecule has 1 aliphatic heterocycles. The van der Waals surface area contributed by atoms with Gasteiger partial charge in [-0.1, -0.05) is 48.5 Å². The van der Waals surface area contributed by atoms with E-state index in [-0.39, 0.29) is 11.9 Å². The predicted molar refractivity (Wildman–Crippen MR) is 83.7 cm³/mol. The minimum atomic E-state index is -0.126. The number of benzene rings is 2. The predicted octanol–water partition coefficient (Wildman–Crippen LogP) is 2.97. The summed E-state index contributed by atoms with van der Waals surface area (Å²) in [6, 6.07) is 17.4. The van der Waals surface area contributed by atoms with E-state index >= 15 is 0 Å². The van der Waals surface area contributed by atoms with E-state index < -0.39 is 0 Å². The van der Waals surface area contributed by atoms with Crippen molar-refractivity contribution in [1.82, 2.24) is 5.01 Å². The average molecular weight is 279 g/mol. The van der Waals surface area contributed by atoms with Gasteiger partial charge in [0.2, 0.25) is 5.91 Å². The van der Waals surface area contributed by atoms with Crippen LogP contribution in [0.15, 0.2) is 59.7 Å². The molecule has 0 bridgehead atoms. The zero-order valence-electron chi connectivity index (χ0n) is 11.9. The van der Waals surface area contributed by atoms with Crippen molar-refractivity contribution in [2.75, 3.05) is 5.73 Å². The van der Waals surface area contributed by atoms with Crippen LogP contribution in [0.1, 0.15) is 30.5 Å². The van der Waals surface area contributed by atoms with Crippen LogP contribution < -0.4 is 5.73 Å². The molecule has 0 fully saturated rings. The number of rotatable bonds is 2. The summed E-state index contributed by atoms with van der Waals surface area (Å²) in [4.78, 5) is 11.9. The third-order valence-corrected chi connectivity index (χ3v) is 3.70. The van der Waals surface area contributed by atoms with Crippen LogP contribution in [-0.4, -0.2) is 16.6 Å². The Morgan fingerprint density at radius 2 is 1.81 bits per heavy atom. The van der Waals surface area contributed by atoms with Gasteiger partial charge in [-0.3, -0.25) is 4.79 Å². The maximum atomic E-state index is 11.9. The fraction of sp³-hybridized carbons (Fsp3) is 0.176. The number of carbonyl (C=O) groups is 1. The van der Waals surface area contributed by atoms with E-state index in [1.807, 2.05) is 54.6 Å². The molecular formula is C17H17N3O. The zero-order chi connectivity index (χ0) is 14.8. The average Bonchev–Trinajstić information content (AvgIpc) is 2.94. The molecule has 1 aliphatic rings. The van der Waals surface area contributed by atoms with Crippen LogP contribution in [0, 0.1) is 0 Å². The number of nitrogens with two attached hydrogens (primary N) is 1. The highest BCUT2D eigenvalue weighted by Crippen LogP contribution is 2.35. The van der Waals surface area contributed by atoms with E-state index in [2.05, 4.69) is 5.10 Å². The van der Waals surface area contributed by atoms with Crippen molar-refractivity contribution in [3.05, 3.63) is 65.7 Å². The Labute approximate surface area is 123 Å². The summed E-state index contributed by atoms with van der Waals surface area (Å²) in [5.74, 6) is -0.0748. The normalized spacial score (nSPS) is 17.7. The Morgan fingerprint density at radius 1 is 1.14 bits per heavy atom. The van der Waals surface area contributed by atoms with Crippen LogP contribution in [0.3, 0.4) is 0 Å². The molecule has 4 heteroatoms. The number of nitrogens with zero attached hydrogens (tertiary/aromatic N) is 2.